The van der Waals surface area contributed by atoms with Gasteiger partial charge < -0.3 is 10.1 Å². The zero-order valence-electron chi connectivity index (χ0n) is 17.1. The lowest BCUT2D eigenvalue weighted by molar-refractivity contribution is -0.139. The van der Waals surface area contributed by atoms with Crippen molar-refractivity contribution in [3.8, 4) is 5.75 Å². The van der Waals surface area contributed by atoms with Crippen LogP contribution in [-0.4, -0.2) is 24.1 Å². The van der Waals surface area contributed by atoms with Gasteiger partial charge in [-0.2, -0.15) is 5.10 Å². The molecule has 0 fully saturated rings. The fourth-order valence-corrected chi connectivity index (χ4v) is 2.87. The van der Waals surface area contributed by atoms with E-state index in [-0.39, 0.29) is 6.04 Å². The highest BCUT2D eigenvalue weighted by Gasteiger charge is 2.14. The summed E-state index contributed by atoms with van der Waals surface area (Å²) in [5.74, 6) is -0.809. The number of ether oxygens (including phenoxy) is 1. The molecule has 3 aromatic rings. The van der Waals surface area contributed by atoms with E-state index >= 15 is 0 Å². The van der Waals surface area contributed by atoms with Gasteiger partial charge in [0.15, 0.2) is 0 Å². The number of carbonyl (C=O) groups is 2. The van der Waals surface area contributed by atoms with Gasteiger partial charge in [0.25, 0.3) is 0 Å². The van der Waals surface area contributed by atoms with Crippen molar-refractivity contribution in [2.75, 3.05) is 0 Å². The second-order valence-electron chi connectivity index (χ2n) is 6.98. The van der Waals surface area contributed by atoms with E-state index in [1.54, 1.807) is 0 Å². The SMILES string of the molecule is CC[C@H](C)NC(=O)C(=O)N/N=C\c1cccc(OCc2cccc3ccccc23)c1. The predicted octanol–water partition coefficient (Wildman–Crippen LogP) is 3.78. The van der Waals surface area contributed by atoms with Gasteiger partial charge in [-0.25, -0.2) is 5.43 Å². The minimum absolute atomic E-state index is 0.0669. The molecule has 6 heteroatoms. The first-order valence-corrected chi connectivity index (χ1v) is 9.90. The number of nitrogens with zero attached hydrogens (tertiary/aromatic N) is 1. The first-order valence-electron chi connectivity index (χ1n) is 9.90. The molecule has 0 aliphatic heterocycles. The minimum Gasteiger partial charge on any atom is -0.489 e. The summed E-state index contributed by atoms with van der Waals surface area (Å²) in [5, 5.41) is 8.78. The standard InChI is InChI=1S/C24H25N3O3/c1-3-17(2)26-23(28)24(29)27-25-15-18-8-6-12-21(14-18)30-16-20-11-7-10-19-9-4-5-13-22(19)20/h4-15,17H,3,16H2,1-2H3,(H,26,28)(H,27,29)/b25-15-/t17-/m0/s1. The van der Waals surface area contributed by atoms with E-state index in [2.05, 4.69) is 34.0 Å². The van der Waals surface area contributed by atoms with Crippen molar-refractivity contribution in [2.24, 2.45) is 5.10 Å². The Balaban J connectivity index is 1.59. The van der Waals surface area contributed by atoms with Crippen LogP contribution in [0.1, 0.15) is 31.4 Å². The van der Waals surface area contributed by atoms with E-state index in [0.29, 0.717) is 12.4 Å². The zero-order chi connectivity index (χ0) is 21.3. The molecule has 3 aromatic carbocycles. The number of nitrogens with one attached hydrogen (secondary N) is 2. The molecule has 3 rings (SSSR count). The number of benzene rings is 3. The predicted molar refractivity (Wildman–Crippen MR) is 118 cm³/mol. The van der Waals surface area contributed by atoms with Crippen molar-refractivity contribution in [3.05, 3.63) is 77.9 Å². The van der Waals surface area contributed by atoms with E-state index in [9.17, 15) is 9.59 Å². The molecule has 0 saturated heterocycles. The lowest BCUT2D eigenvalue weighted by Crippen LogP contribution is -2.41. The van der Waals surface area contributed by atoms with Gasteiger partial charge in [-0.05, 0) is 47.4 Å². The van der Waals surface area contributed by atoms with E-state index in [0.717, 1.165) is 22.9 Å². The Labute approximate surface area is 175 Å². The number of fused-ring (bicyclic) bond motifs is 1. The molecule has 0 heterocycles. The molecule has 30 heavy (non-hydrogen) atoms. The lowest BCUT2D eigenvalue weighted by atomic mass is 10.1. The molecule has 0 unspecified atom stereocenters. The van der Waals surface area contributed by atoms with Crippen LogP contribution in [0.4, 0.5) is 0 Å². The molecule has 0 radical (unpaired) electrons. The van der Waals surface area contributed by atoms with Crippen LogP contribution in [0.15, 0.2) is 71.8 Å². The summed E-state index contributed by atoms with van der Waals surface area (Å²) in [5.41, 5.74) is 4.08. The zero-order valence-corrected chi connectivity index (χ0v) is 17.1. The number of hydrogen-bond acceptors (Lipinski definition) is 4. The summed E-state index contributed by atoms with van der Waals surface area (Å²) < 4.78 is 5.95. The molecule has 0 aliphatic rings. The van der Waals surface area contributed by atoms with Crippen LogP contribution in [0, 0.1) is 0 Å². The maximum absolute atomic E-state index is 11.8. The number of carbonyl (C=O) groups excluding carboxylic acids is 2. The average Bonchev–Trinajstić information content (AvgIpc) is 2.77. The molecule has 154 valence electrons. The molecular weight excluding hydrogens is 378 g/mol. The van der Waals surface area contributed by atoms with Crippen LogP contribution in [0.25, 0.3) is 10.8 Å². The van der Waals surface area contributed by atoms with Gasteiger partial charge in [0, 0.05) is 6.04 Å². The Morgan fingerprint density at radius 3 is 2.63 bits per heavy atom. The third kappa shape index (κ3) is 5.67. The van der Waals surface area contributed by atoms with E-state index in [1.807, 2.05) is 62.4 Å². The second-order valence-corrected chi connectivity index (χ2v) is 6.98. The van der Waals surface area contributed by atoms with Crippen LogP contribution in [0.3, 0.4) is 0 Å². The van der Waals surface area contributed by atoms with Gasteiger partial charge in [-0.15, -0.1) is 0 Å². The minimum atomic E-state index is -0.796. The van der Waals surface area contributed by atoms with Gasteiger partial charge >= 0.3 is 11.8 Å². The van der Waals surface area contributed by atoms with E-state index < -0.39 is 11.8 Å². The molecule has 0 saturated carbocycles. The number of amides is 2. The average molecular weight is 403 g/mol. The van der Waals surface area contributed by atoms with Gasteiger partial charge in [-0.3, -0.25) is 9.59 Å². The van der Waals surface area contributed by atoms with Crippen molar-refractivity contribution >= 4 is 28.8 Å². The third-order valence-electron chi connectivity index (χ3n) is 4.71. The molecule has 0 aromatic heterocycles. The molecule has 6 nitrogen and oxygen atoms in total. The van der Waals surface area contributed by atoms with E-state index in [1.165, 1.54) is 11.6 Å². The van der Waals surface area contributed by atoms with Crippen molar-refractivity contribution < 1.29 is 14.3 Å². The first-order chi connectivity index (χ1) is 14.6. The number of rotatable bonds is 7. The maximum atomic E-state index is 11.8. The third-order valence-corrected chi connectivity index (χ3v) is 4.71. The molecule has 2 amide bonds. The van der Waals surface area contributed by atoms with E-state index in [4.69, 9.17) is 4.74 Å². The highest BCUT2D eigenvalue weighted by Crippen LogP contribution is 2.21. The van der Waals surface area contributed by atoms with Crippen LogP contribution in [0.2, 0.25) is 0 Å². The van der Waals surface area contributed by atoms with Gasteiger partial charge in [-0.1, -0.05) is 61.5 Å². The molecule has 1 atom stereocenters. The quantitative estimate of drug-likeness (QED) is 0.358. The van der Waals surface area contributed by atoms with Gasteiger partial charge in [0.05, 0.1) is 6.21 Å². The Morgan fingerprint density at radius 1 is 1.03 bits per heavy atom. The second kappa shape index (κ2) is 10.2. The van der Waals surface area contributed by atoms with Crippen molar-refractivity contribution in [1.82, 2.24) is 10.7 Å². The highest BCUT2D eigenvalue weighted by molar-refractivity contribution is 6.35. The molecule has 0 aliphatic carbocycles. The maximum Gasteiger partial charge on any atom is 0.329 e. The monoisotopic (exact) mass is 403 g/mol. The molecule has 0 bridgehead atoms. The topological polar surface area (TPSA) is 79.8 Å². The summed E-state index contributed by atoms with van der Waals surface area (Å²) in [4.78, 5) is 23.5. The van der Waals surface area contributed by atoms with Crippen LogP contribution >= 0.6 is 0 Å². The summed E-state index contributed by atoms with van der Waals surface area (Å²) in [6.45, 7) is 4.20. The molecule has 2 N–H and O–H groups in total. The summed E-state index contributed by atoms with van der Waals surface area (Å²) in [6, 6.07) is 21.6. The largest absolute Gasteiger partial charge is 0.489 e. The smallest absolute Gasteiger partial charge is 0.329 e. The Morgan fingerprint density at radius 2 is 1.80 bits per heavy atom. The fourth-order valence-electron chi connectivity index (χ4n) is 2.87. The Kier molecular flexibility index (Phi) is 7.16. The molecular formula is C24H25N3O3. The van der Waals surface area contributed by atoms with Crippen LogP contribution in [-0.2, 0) is 16.2 Å². The van der Waals surface area contributed by atoms with Crippen molar-refractivity contribution in [3.63, 3.8) is 0 Å². The summed E-state index contributed by atoms with van der Waals surface area (Å²) >= 11 is 0. The summed E-state index contributed by atoms with van der Waals surface area (Å²) in [7, 11) is 0. The number of hydrazone groups is 1. The van der Waals surface area contributed by atoms with Crippen molar-refractivity contribution in [2.45, 2.75) is 32.9 Å². The summed E-state index contributed by atoms with van der Waals surface area (Å²) in [6.07, 6.45) is 2.22. The fraction of sp³-hybridized carbons (Fsp3) is 0.208. The number of hydrogen-bond donors (Lipinski definition) is 2. The van der Waals surface area contributed by atoms with Gasteiger partial charge in [0.2, 0.25) is 0 Å². The van der Waals surface area contributed by atoms with Crippen molar-refractivity contribution in [1.29, 1.82) is 0 Å². The highest BCUT2D eigenvalue weighted by atomic mass is 16.5. The van der Waals surface area contributed by atoms with Crippen LogP contribution in [0.5, 0.6) is 5.75 Å². The molecule has 0 spiro atoms. The Bertz CT molecular complexity index is 1060. The lowest BCUT2D eigenvalue weighted by Gasteiger charge is -2.10. The Hall–Kier alpha value is -3.67. The van der Waals surface area contributed by atoms with Crippen LogP contribution < -0.4 is 15.5 Å². The normalized spacial score (nSPS) is 11.9. The van der Waals surface area contributed by atoms with Gasteiger partial charge in [0.1, 0.15) is 12.4 Å². The first kappa shape index (κ1) is 21.0.